The molecule has 0 amide bonds. The van der Waals surface area contributed by atoms with Crippen LogP contribution in [0.4, 0.5) is 0 Å². The van der Waals surface area contributed by atoms with Crippen LogP contribution < -0.4 is 4.74 Å². The number of ether oxygens (including phenoxy) is 1. The van der Waals surface area contributed by atoms with Crippen molar-refractivity contribution in [3.63, 3.8) is 0 Å². The lowest BCUT2D eigenvalue weighted by Gasteiger charge is -2.13. The highest BCUT2D eigenvalue weighted by Gasteiger charge is 2.09. The molecule has 0 spiro atoms. The van der Waals surface area contributed by atoms with Gasteiger partial charge in [-0.3, -0.25) is 0 Å². The lowest BCUT2D eigenvalue weighted by molar-refractivity contribution is 0.356. The molecule has 0 atom stereocenters. The van der Waals surface area contributed by atoms with Crippen molar-refractivity contribution in [3.8, 4) is 5.75 Å². The van der Waals surface area contributed by atoms with Gasteiger partial charge in [0.1, 0.15) is 12.4 Å². The molecule has 0 unspecified atom stereocenters. The fourth-order valence-corrected chi connectivity index (χ4v) is 2.54. The molecule has 3 heteroatoms. The fraction of sp³-hybridized carbons (Fsp3) is 0.111. The second-order valence-electron chi connectivity index (χ2n) is 2.52. The first kappa shape index (κ1) is 8.32. The van der Waals surface area contributed by atoms with Crippen molar-refractivity contribution in [1.82, 2.24) is 0 Å². The maximum absolute atomic E-state index is 5.45. The highest BCUT2D eigenvalue weighted by Crippen LogP contribution is 2.35. The zero-order valence-corrected chi connectivity index (χ0v) is 9.35. The zero-order chi connectivity index (χ0) is 8.55. The minimum absolute atomic E-state index is 0.660. The first-order valence-electron chi connectivity index (χ1n) is 3.56. The Bertz CT molecular complexity index is 345. The summed E-state index contributed by atoms with van der Waals surface area (Å²) in [7, 11) is 0. The van der Waals surface area contributed by atoms with Crippen LogP contribution in [0.15, 0.2) is 27.2 Å². The summed E-state index contributed by atoms with van der Waals surface area (Å²) in [5.74, 6) is 0.931. The molecule has 1 aliphatic heterocycles. The van der Waals surface area contributed by atoms with Gasteiger partial charge in [-0.05, 0) is 34.1 Å². The van der Waals surface area contributed by atoms with Crippen molar-refractivity contribution in [2.24, 2.45) is 0 Å². The Kier molecular flexibility index (Phi) is 2.24. The molecule has 1 aromatic rings. The van der Waals surface area contributed by atoms with Crippen LogP contribution in [0.1, 0.15) is 5.56 Å². The summed E-state index contributed by atoms with van der Waals surface area (Å²) in [6.45, 7) is 0.660. The Labute approximate surface area is 87.7 Å². The van der Waals surface area contributed by atoms with E-state index in [0.717, 1.165) is 20.3 Å². The third kappa shape index (κ3) is 1.43. The lowest BCUT2D eigenvalue weighted by atomic mass is 10.1. The van der Waals surface area contributed by atoms with Crippen molar-refractivity contribution in [2.75, 3.05) is 6.61 Å². The predicted octanol–water partition coefficient (Wildman–Crippen LogP) is 3.62. The van der Waals surface area contributed by atoms with E-state index in [0.29, 0.717) is 6.61 Å². The molecule has 1 aromatic carbocycles. The van der Waals surface area contributed by atoms with Gasteiger partial charge in [-0.2, -0.15) is 0 Å². The van der Waals surface area contributed by atoms with Crippen molar-refractivity contribution >= 4 is 37.9 Å². The van der Waals surface area contributed by atoms with Gasteiger partial charge in [0.15, 0.2) is 0 Å². The molecule has 12 heavy (non-hydrogen) atoms. The van der Waals surface area contributed by atoms with E-state index in [1.165, 1.54) is 0 Å². The summed E-state index contributed by atoms with van der Waals surface area (Å²) in [4.78, 5) is 0. The van der Waals surface area contributed by atoms with E-state index in [2.05, 4.69) is 37.9 Å². The van der Waals surface area contributed by atoms with E-state index < -0.39 is 0 Å². The first-order valence-corrected chi connectivity index (χ1v) is 5.14. The summed E-state index contributed by atoms with van der Waals surface area (Å²) < 4.78 is 7.51. The van der Waals surface area contributed by atoms with E-state index in [1.54, 1.807) is 0 Å². The number of hydrogen-bond acceptors (Lipinski definition) is 1. The molecule has 62 valence electrons. The molecule has 0 saturated heterocycles. The minimum Gasteiger partial charge on any atom is -0.488 e. The quantitative estimate of drug-likeness (QED) is 0.709. The number of fused-ring (bicyclic) bond motifs is 1. The van der Waals surface area contributed by atoms with E-state index in [1.807, 2.05) is 18.2 Å². The molecule has 1 aliphatic rings. The zero-order valence-electron chi connectivity index (χ0n) is 6.18. The van der Waals surface area contributed by atoms with Gasteiger partial charge in [0, 0.05) is 10.0 Å². The summed E-state index contributed by atoms with van der Waals surface area (Å²) in [6, 6.07) is 4.02. The van der Waals surface area contributed by atoms with Gasteiger partial charge in [0.05, 0.1) is 4.47 Å². The second kappa shape index (κ2) is 3.23. The van der Waals surface area contributed by atoms with Crippen LogP contribution in [-0.4, -0.2) is 6.61 Å². The number of rotatable bonds is 0. The smallest absolute Gasteiger partial charge is 0.141 e. The van der Waals surface area contributed by atoms with Crippen LogP contribution in [-0.2, 0) is 0 Å². The maximum Gasteiger partial charge on any atom is 0.141 e. The van der Waals surface area contributed by atoms with E-state index in [9.17, 15) is 0 Å². The van der Waals surface area contributed by atoms with Gasteiger partial charge in [-0.25, -0.2) is 0 Å². The monoisotopic (exact) mass is 288 g/mol. The van der Waals surface area contributed by atoms with Crippen molar-refractivity contribution in [2.45, 2.75) is 0 Å². The molecule has 0 aromatic heterocycles. The third-order valence-corrected chi connectivity index (χ3v) is 2.71. The Hall–Kier alpha value is -0.280. The largest absolute Gasteiger partial charge is 0.488 e. The molecule has 0 radical (unpaired) electrons. The van der Waals surface area contributed by atoms with Gasteiger partial charge in [-0.15, -0.1) is 0 Å². The van der Waals surface area contributed by atoms with Gasteiger partial charge >= 0.3 is 0 Å². The average molecular weight is 290 g/mol. The SMILES string of the molecule is Brc1cc(Br)c2c(c1)C=CCO2. The van der Waals surface area contributed by atoms with Crippen molar-refractivity contribution < 1.29 is 4.74 Å². The number of halogens is 2. The minimum atomic E-state index is 0.660. The van der Waals surface area contributed by atoms with Crippen LogP contribution in [0.5, 0.6) is 5.75 Å². The standard InChI is InChI=1S/C9H6Br2O/c10-7-4-6-2-1-3-12-9(6)8(11)5-7/h1-2,4-5H,3H2. The molecule has 1 nitrogen and oxygen atoms in total. The van der Waals surface area contributed by atoms with Crippen molar-refractivity contribution in [3.05, 3.63) is 32.7 Å². The first-order chi connectivity index (χ1) is 5.77. The number of benzene rings is 1. The van der Waals surface area contributed by atoms with Crippen molar-refractivity contribution in [1.29, 1.82) is 0 Å². The molecule has 0 bridgehead atoms. The van der Waals surface area contributed by atoms with Gasteiger partial charge in [-0.1, -0.05) is 22.0 Å². The topological polar surface area (TPSA) is 9.23 Å². The number of hydrogen-bond donors (Lipinski definition) is 0. The van der Waals surface area contributed by atoms with E-state index in [-0.39, 0.29) is 0 Å². The molecule has 0 N–H and O–H groups in total. The summed E-state index contributed by atoms with van der Waals surface area (Å²) in [5.41, 5.74) is 1.11. The van der Waals surface area contributed by atoms with Crippen LogP contribution in [0.25, 0.3) is 6.08 Å². The summed E-state index contributed by atoms with van der Waals surface area (Å²) >= 11 is 6.87. The molecule has 0 saturated carbocycles. The van der Waals surface area contributed by atoms with Crippen LogP contribution in [0, 0.1) is 0 Å². The second-order valence-corrected chi connectivity index (χ2v) is 4.29. The normalized spacial score (nSPS) is 13.8. The molecular formula is C9H6Br2O. The maximum atomic E-state index is 5.45. The molecule has 0 aliphatic carbocycles. The Morgan fingerprint density at radius 2 is 2.08 bits per heavy atom. The third-order valence-electron chi connectivity index (χ3n) is 1.66. The fourth-order valence-electron chi connectivity index (χ4n) is 1.16. The van der Waals surface area contributed by atoms with E-state index in [4.69, 9.17) is 4.74 Å². The van der Waals surface area contributed by atoms with Crippen LogP contribution in [0.2, 0.25) is 0 Å². The Morgan fingerprint density at radius 3 is 2.92 bits per heavy atom. The molecule has 0 fully saturated rings. The van der Waals surface area contributed by atoms with Crippen LogP contribution in [0.3, 0.4) is 0 Å². The summed E-state index contributed by atoms with van der Waals surface area (Å²) in [6.07, 6.45) is 4.07. The molecule has 1 heterocycles. The van der Waals surface area contributed by atoms with Gasteiger partial charge in [0.2, 0.25) is 0 Å². The van der Waals surface area contributed by atoms with E-state index >= 15 is 0 Å². The van der Waals surface area contributed by atoms with Gasteiger partial charge in [0.25, 0.3) is 0 Å². The molecular weight excluding hydrogens is 284 g/mol. The average Bonchev–Trinajstić information content (AvgIpc) is 2.04. The lowest BCUT2D eigenvalue weighted by Crippen LogP contribution is -2.00. The Morgan fingerprint density at radius 1 is 1.25 bits per heavy atom. The predicted molar refractivity (Wildman–Crippen MR) is 56.4 cm³/mol. The highest BCUT2D eigenvalue weighted by atomic mass is 79.9. The summed E-state index contributed by atoms with van der Waals surface area (Å²) in [5, 5.41) is 0. The van der Waals surface area contributed by atoms with Crippen LogP contribution >= 0.6 is 31.9 Å². The highest BCUT2D eigenvalue weighted by molar-refractivity contribution is 9.11. The van der Waals surface area contributed by atoms with Gasteiger partial charge < -0.3 is 4.74 Å². The Balaban J connectivity index is 2.62. The molecule has 2 rings (SSSR count).